The van der Waals surface area contributed by atoms with E-state index < -0.39 is 0 Å². The Balaban J connectivity index is 1.92. The van der Waals surface area contributed by atoms with Crippen LogP contribution in [0.4, 0.5) is 0 Å². The van der Waals surface area contributed by atoms with Gasteiger partial charge in [-0.2, -0.15) is 0 Å². The molecule has 0 spiro atoms. The van der Waals surface area contributed by atoms with Gasteiger partial charge >= 0.3 is 0 Å². The summed E-state index contributed by atoms with van der Waals surface area (Å²) in [5, 5.41) is 0. The first kappa shape index (κ1) is 12.0. The second-order valence-electron chi connectivity index (χ2n) is 7.70. The summed E-state index contributed by atoms with van der Waals surface area (Å²) in [6.07, 6.45) is 9.19. The lowest BCUT2D eigenvalue weighted by atomic mass is 9.55. The number of rotatable bonds is 0. The molecule has 1 nitrogen and oxygen atoms in total. The van der Waals surface area contributed by atoms with Crippen molar-refractivity contribution in [1.29, 1.82) is 0 Å². The van der Waals surface area contributed by atoms with Crippen LogP contribution in [0, 0.1) is 23.2 Å². The van der Waals surface area contributed by atoms with Crippen LogP contribution in [-0.2, 0) is 4.74 Å². The molecule has 98 valence electrons. The highest BCUT2D eigenvalue weighted by molar-refractivity contribution is 5.07. The molecule has 0 bridgehead atoms. The fraction of sp³-hybridized carbons (Fsp3) is 1.00. The van der Waals surface area contributed by atoms with E-state index in [1.807, 2.05) is 0 Å². The monoisotopic (exact) mass is 236 g/mol. The number of fused-ring (bicyclic) bond motifs is 3. The topological polar surface area (TPSA) is 9.23 Å². The van der Waals surface area contributed by atoms with E-state index in [1.165, 1.54) is 38.5 Å². The van der Waals surface area contributed by atoms with Crippen molar-refractivity contribution in [1.82, 2.24) is 0 Å². The van der Waals surface area contributed by atoms with Crippen LogP contribution in [0.25, 0.3) is 0 Å². The maximum absolute atomic E-state index is 6.42. The largest absolute Gasteiger partial charge is 0.371 e. The van der Waals surface area contributed by atoms with Crippen molar-refractivity contribution in [3.8, 4) is 0 Å². The highest BCUT2D eigenvalue weighted by Gasteiger charge is 2.59. The van der Waals surface area contributed by atoms with Gasteiger partial charge in [-0.25, -0.2) is 0 Å². The summed E-state index contributed by atoms with van der Waals surface area (Å²) in [7, 11) is 0. The van der Waals surface area contributed by atoms with Crippen LogP contribution >= 0.6 is 0 Å². The van der Waals surface area contributed by atoms with Crippen LogP contribution in [0.3, 0.4) is 0 Å². The second-order valence-corrected chi connectivity index (χ2v) is 7.70. The lowest BCUT2D eigenvalue weighted by Gasteiger charge is -2.47. The average molecular weight is 236 g/mol. The van der Waals surface area contributed by atoms with Gasteiger partial charge in [0.25, 0.3) is 0 Å². The van der Waals surface area contributed by atoms with Gasteiger partial charge in [0.1, 0.15) is 0 Å². The molecule has 1 aliphatic heterocycles. The molecule has 3 rings (SSSR count). The van der Waals surface area contributed by atoms with Gasteiger partial charge in [0.15, 0.2) is 0 Å². The van der Waals surface area contributed by atoms with Crippen LogP contribution in [-0.4, -0.2) is 11.7 Å². The van der Waals surface area contributed by atoms with Crippen molar-refractivity contribution in [2.45, 2.75) is 77.9 Å². The number of ether oxygens (including phenoxy) is 1. The summed E-state index contributed by atoms with van der Waals surface area (Å²) in [6, 6.07) is 0. The lowest BCUT2D eigenvalue weighted by molar-refractivity contribution is -0.0597. The Labute approximate surface area is 106 Å². The molecular weight excluding hydrogens is 208 g/mol. The summed E-state index contributed by atoms with van der Waals surface area (Å²) in [6.45, 7) is 9.52. The molecular formula is C16H28O. The van der Waals surface area contributed by atoms with Gasteiger partial charge in [-0.15, -0.1) is 0 Å². The molecule has 0 radical (unpaired) electrons. The van der Waals surface area contributed by atoms with Crippen molar-refractivity contribution < 1.29 is 4.74 Å². The van der Waals surface area contributed by atoms with Gasteiger partial charge in [0.05, 0.1) is 11.7 Å². The fourth-order valence-electron chi connectivity index (χ4n) is 4.96. The van der Waals surface area contributed by atoms with Crippen LogP contribution in [0.1, 0.15) is 66.2 Å². The first-order valence-electron chi connectivity index (χ1n) is 7.61. The normalized spacial score (nSPS) is 47.3. The van der Waals surface area contributed by atoms with E-state index in [2.05, 4.69) is 27.7 Å². The molecule has 4 unspecified atom stereocenters. The summed E-state index contributed by atoms with van der Waals surface area (Å²) >= 11 is 0. The molecule has 0 amide bonds. The Kier molecular flexibility index (Phi) is 2.63. The maximum Gasteiger partial charge on any atom is 0.0684 e. The summed E-state index contributed by atoms with van der Waals surface area (Å²) < 4.78 is 6.42. The summed E-state index contributed by atoms with van der Waals surface area (Å²) in [5.74, 6) is 2.79. The third kappa shape index (κ3) is 1.61. The Morgan fingerprint density at radius 3 is 2.35 bits per heavy atom. The van der Waals surface area contributed by atoms with Gasteiger partial charge in [-0.3, -0.25) is 0 Å². The van der Waals surface area contributed by atoms with Crippen LogP contribution in [0.2, 0.25) is 0 Å². The molecule has 0 aromatic rings. The van der Waals surface area contributed by atoms with Crippen molar-refractivity contribution in [2.75, 3.05) is 0 Å². The number of hydrogen-bond donors (Lipinski definition) is 0. The Hall–Kier alpha value is -0.0400. The molecule has 2 aliphatic carbocycles. The SMILES string of the molecule is CC1(C)OC2CCC3CCCCC3C2C1(C)C. The molecule has 2 saturated carbocycles. The van der Waals surface area contributed by atoms with Crippen molar-refractivity contribution >= 4 is 0 Å². The minimum Gasteiger partial charge on any atom is -0.371 e. The smallest absolute Gasteiger partial charge is 0.0684 e. The molecule has 3 fully saturated rings. The first-order valence-corrected chi connectivity index (χ1v) is 7.61. The molecule has 0 N–H and O–H groups in total. The first-order chi connectivity index (χ1) is 7.93. The zero-order chi connectivity index (χ0) is 12.3. The van der Waals surface area contributed by atoms with E-state index >= 15 is 0 Å². The summed E-state index contributed by atoms with van der Waals surface area (Å²) in [5.41, 5.74) is 0.410. The van der Waals surface area contributed by atoms with E-state index in [0.717, 1.165) is 17.8 Å². The Morgan fingerprint density at radius 2 is 1.59 bits per heavy atom. The zero-order valence-electron chi connectivity index (χ0n) is 12.0. The van der Waals surface area contributed by atoms with Crippen LogP contribution in [0.15, 0.2) is 0 Å². The van der Waals surface area contributed by atoms with E-state index in [0.29, 0.717) is 11.5 Å². The standard InChI is InChI=1S/C16H28O/c1-15(2)14-12-8-6-5-7-11(12)9-10-13(14)17-16(15,3)4/h11-14H,5-10H2,1-4H3. The Bertz CT molecular complexity index is 305. The lowest BCUT2D eigenvalue weighted by Crippen LogP contribution is -2.45. The van der Waals surface area contributed by atoms with Gasteiger partial charge in [-0.1, -0.05) is 33.1 Å². The number of hydrogen-bond acceptors (Lipinski definition) is 1. The third-order valence-electron chi connectivity index (χ3n) is 6.48. The minimum atomic E-state index is 0.0642. The van der Waals surface area contributed by atoms with E-state index in [-0.39, 0.29) is 5.60 Å². The van der Waals surface area contributed by atoms with Gasteiger partial charge in [0.2, 0.25) is 0 Å². The molecule has 17 heavy (non-hydrogen) atoms. The van der Waals surface area contributed by atoms with Crippen molar-refractivity contribution in [3.63, 3.8) is 0 Å². The van der Waals surface area contributed by atoms with Crippen molar-refractivity contribution in [2.24, 2.45) is 23.2 Å². The van der Waals surface area contributed by atoms with Crippen LogP contribution in [0.5, 0.6) is 0 Å². The Morgan fingerprint density at radius 1 is 0.882 bits per heavy atom. The molecule has 1 heteroatoms. The molecule has 0 aromatic heterocycles. The second kappa shape index (κ2) is 3.73. The predicted molar refractivity (Wildman–Crippen MR) is 70.9 cm³/mol. The van der Waals surface area contributed by atoms with Gasteiger partial charge in [-0.05, 0) is 56.3 Å². The maximum atomic E-state index is 6.42. The van der Waals surface area contributed by atoms with Crippen LogP contribution < -0.4 is 0 Å². The molecule has 4 atom stereocenters. The fourth-order valence-corrected chi connectivity index (χ4v) is 4.96. The highest BCUT2D eigenvalue weighted by Crippen LogP contribution is 2.60. The molecule has 1 heterocycles. The van der Waals surface area contributed by atoms with Crippen molar-refractivity contribution in [3.05, 3.63) is 0 Å². The predicted octanol–water partition coefficient (Wildman–Crippen LogP) is 4.41. The van der Waals surface area contributed by atoms with E-state index in [4.69, 9.17) is 4.74 Å². The summed E-state index contributed by atoms with van der Waals surface area (Å²) in [4.78, 5) is 0. The van der Waals surface area contributed by atoms with E-state index in [9.17, 15) is 0 Å². The quantitative estimate of drug-likeness (QED) is 0.605. The average Bonchev–Trinajstić information content (AvgIpc) is 2.45. The zero-order valence-corrected chi connectivity index (χ0v) is 12.0. The van der Waals surface area contributed by atoms with E-state index in [1.54, 1.807) is 0 Å². The van der Waals surface area contributed by atoms with Gasteiger partial charge < -0.3 is 4.74 Å². The minimum absolute atomic E-state index is 0.0642. The third-order valence-corrected chi connectivity index (χ3v) is 6.48. The molecule has 1 saturated heterocycles. The molecule has 0 aromatic carbocycles. The molecule has 3 aliphatic rings. The highest BCUT2D eigenvalue weighted by atomic mass is 16.5. The van der Waals surface area contributed by atoms with Gasteiger partial charge in [0, 0.05) is 0 Å².